The van der Waals surface area contributed by atoms with Crippen molar-refractivity contribution in [3.63, 3.8) is 0 Å². The van der Waals surface area contributed by atoms with Gasteiger partial charge in [-0.1, -0.05) is 43.3 Å². The normalized spacial score (nSPS) is 12.3. The Bertz CT molecular complexity index is 575. The zero-order valence-corrected chi connectivity index (χ0v) is 12.1. The Morgan fingerprint density at radius 2 is 1.90 bits per heavy atom. The molecule has 0 saturated heterocycles. The molecule has 2 aromatic carbocycles. The van der Waals surface area contributed by atoms with Crippen molar-refractivity contribution in [3.8, 4) is 0 Å². The molecule has 2 aromatic rings. The van der Waals surface area contributed by atoms with Gasteiger partial charge in [0.1, 0.15) is 0 Å². The molecular formula is C17H22N2O. The molecule has 0 unspecified atom stereocenters. The standard InChI is InChI=1S/C17H22N2O/c1-3-13(2)18-12-11-17(20)19-16-10-6-8-14-7-4-5-9-15(14)16/h4-10,13,18H,3,11-12H2,1-2H3,(H,19,20)/t13-/m1/s1. The summed E-state index contributed by atoms with van der Waals surface area (Å²) < 4.78 is 0. The highest BCUT2D eigenvalue weighted by Crippen LogP contribution is 2.22. The first-order valence-corrected chi connectivity index (χ1v) is 7.21. The first kappa shape index (κ1) is 14.5. The number of carbonyl (C=O) groups is 1. The maximum atomic E-state index is 12.0. The Morgan fingerprint density at radius 3 is 2.70 bits per heavy atom. The van der Waals surface area contributed by atoms with Crippen LogP contribution in [0.25, 0.3) is 10.8 Å². The summed E-state index contributed by atoms with van der Waals surface area (Å²) in [5.74, 6) is 0.0529. The highest BCUT2D eigenvalue weighted by Gasteiger charge is 2.06. The van der Waals surface area contributed by atoms with Crippen molar-refractivity contribution in [3.05, 3.63) is 42.5 Å². The number of amides is 1. The SMILES string of the molecule is CC[C@@H](C)NCCC(=O)Nc1cccc2ccccc12. The average molecular weight is 270 g/mol. The molecule has 0 spiro atoms. The largest absolute Gasteiger partial charge is 0.325 e. The van der Waals surface area contributed by atoms with Crippen molar-refractivity contribution >= 4 is 22.4 Å². The zero-order chi connectivity index (χ0) is 14.4. The van der Waals surface area contributed by atoms with Crippen LogP contribution in [0.4, 0.5) is 5.69 Å². The molecule has 1 amide bonds. The number of benzene rings is 2. The lowest BCUT2D eigenvalue weighted by atomic mass is 10.1. The molecule has 0 aliphatic carbocycles. The Kier molecular flexibility index (Phi) is 5.13. The van der Waals surface area contributed by atoms with Gasteiger partial charge in [0.05, 0.1) is 0 Å². The van der Waals surface area contributed by atoms with E-state index in [1.54, 1.807) is 0 Å². The lowest BCUT2D eigenvalue weighted by Gasteiger charge is -2.12. The molecule has 2 N–H and O–H groups in total. The van der Waals surface area contributed by atoms with E-state index in [1.807, 2.05) is 30.3 Å². The van der Waals surface area contributed by atoms with Crippen molar-refractivity contribution in [2.75, 3.05) is 11.9 Å². The number of carbonyl (C=O) groups excluding carboxylic acids is 1. The molecule has 0 fully saturated rings. The minimum absolute atomic E-state index is 0.0529. The van der Waals surface area contributed by atoms with E-state index in [2.05, 4.69) is 36.6 Å². The van der Waals surface area contributed by atoms with Gasteiger partial charge in [-0.05, 0) is 24.8 Å². The van der Waals surface area contributed by atoms with Gasteiger partial charge in [0, 0.05) is 30.1 Å². The molecule has 1 atom stereocenters. The van der Waals surface area contributed by atoms with Crippen LogP contribution in [-0.4, -0.2) is 18.5 Å². The third-order valence-corrected chi connectivity index (χ3v) is 3.52. The molecule has 0 heterocycles. The molecule has 0 bridgehead atoms. The van der Waals surface area contributed by atoms with Gasteiger partial charge < -0.3 is 10.6 Å². The molecular weight excluding hydrogens is 248 g/mol. The van der Waals surface area contributed by atoms with Gasteiger partial charge in [0.25, 0.3) is 0 Å². The average Bonchev–Trinajstić information content (AvgIpc) is 2.47. The number of fused-ring (bicyclic) bond motifs is 1. The summed E-state index contributed by atoms with van der Waals surface area (Å²) in [7, 11) is 0. The van der Waals surface area contributed by atoms with Crippen LogP contribution in [0.2, 0.25) is 0 Å². The van der Waals surface area contributed by atoms with E-state index >= 15 is 0 Å². The fraction of sp³-hybridized carbons (Fsp3) is 0.353. The van der Waals surface area contributed by atoms with Crippen LogP contribution in [0, 0.1) is 0 Å². The van der Waals surface area contributed by atoms with Gasteiger partial charge in [0.15, 0.2) is 0 Å². The summed E-state index contributed by atoms with van der Waals surface area (Å²) in [6, 6.07) is 14.5. The lowest BCUT2D eigenvalue weighted by molar-refractivity contribution is -0.116. The van der Waals surface area contributed by atoms with E-state index in [9.17, 15) is 4.79 Å². The van der Waals surface area contributed by atoms with E-state index < -0.39 is 0 Å². The van der Waals surface area contributed by atoms with Crippen molar-refractivity contribution < 1.29 is 4.79 Å². The van der Waals surface area contributed by atoms with Gasteiger partial charge in [-0.25, -0.2) is 0 Å². The second kappa shape index (κ2) is 7.06. The number of anilines is 1. The minimum Gasteiger partial charge on any atom is -0.325 e. The van der Waals surface area contributed by atoms with Crippen LogP contribution in [0.5, 0.6) is 0 Å². The second-order valence-corrected chi connectivity index (χ2v) is 5.09. The number of nitrogens with one attached hydrogen (secondary N) is 2. The van der Waals surface area contributed by atoms with E-state index in [1.165, 1.54) is 0 Å². The van der Waals surface area contributed by atoms with E-state index in [-0.39, 0.29) is 5.91 Å². The minimum atomic E-state index is 0.0529. The third kappa shape index (κ3) is 3.81. The summed E-state index contributed by atoms with van der Waals surface area (Å²) in [6.07, 6.45) is 1.57. The van der Waals surface area contributed by atoms with Crippen LogP contribution >= 0.6 is 0 Å². The lowest BCUT2D eigenvalue weighted by Crippen LogP contribution is -2.28. The Morgan fingerprint density at radius 1 is 1.15 bits per heavy atom. The maximum Gasteiger partial charge on any atom is 0.225 e. The smallest absolute Gasteiger partial charge is 0.225 e. The fourth-order valence-corrected chi connectivity index (χ4v) is 2.12. The van der Waals surface area contributed by atoms with Crippen LogP contribution < -0.4 is 10.6 Å². The summed E-state index contributed by atoms with van der Waals surface area (Å²) >= 11 is 0. The van der Waals surface area contributed by atoms with E-state index in [0.29, 0.717) is 19.0 Å². The molecule has 0 aliphatic heterocycles. The van der Waals surface area contributed by atoms with E-state index in [0.717, 1.165) is 22.9 Å². The van der Waals surface area contributed by atoms with Gasteiger partial charge in [-0.15, -0.1) is 0 Å². The van der Waals surface area contributed by atoms with Crippen molar-refractivity contribution in [1.29, 1.82) is 0 Å². The predicted octanol–water partition coefficient (Wildman–Crippen LogP) is 3.56. The monoisotopic (exact) mass is 270 g/mol. The molecule has 106 valence electrons. The van der Waals surface area contributed by atoms with Crippen LogP contribution in [0.1, 0.15) is 26.7 Å². The molecule has 3 heteroatoms. The van der Waals surface area contributed by atoms with Crippen LogP contribution in [0.15, 0.2) is 42.5 Å². The first-order valence-electron chi connectivity index (χ1n) is 7.21. The highest BCUT2D eigenvalue weighted by molar-refractivity contribution is 6.02. The molecule has 0 aromatic heterocycles. The molecule has 3 nitrogen and oxygen atoms in total. The fourth-order valence-electron chi connectivity index (χ4n) is 2.12. The maximum absolute atomic E-state index is 12.0. The summed E-state index contributed by atoms with van der Waals surface area (Å²) in [5, 5.41) is 8.55. The topological polar surface area (TPSA) is 41.1 Å². The summed E-state index contributed by atoms with van der Waals surface area (Å²) in [6.45, 7) is 4.97. The first-order chi connectivity index (χ1) is 9.70. The number of hydrogen-bond donors (Lipinski definition) is 2. The highest BCUT2D eigenvalue weighted by atomic mass is 16.1. The second-order valence-electron chi connectivity index (χ2n) is 5.09. The number of rotatable bonds is 6. The van der Waals surface area contributed by atoms with Crippen LogP contribution in [-0.2, 0) is 4.79 Å². The van der Waals surface area contributed by atoms with E-state index in [4.69, 9.17) is 0 Å². The molecule has 0 radical (unpaired) electrons. The Balaban J connectivity index is 1.96. The van der Waals surface area contributed by atoms with Gasteiger partial charge >= 0.3 is 0 Å². The van der Waals surface area contributed by atoms with Crippen molar-refractivity contribution in [1.82, 2.24) is 5.32 Å². The number of hydrogen-bond acceptors (Lipinski definition) is 2. The van der Waals surface area contributed by atoms with Crippen molar-refractivity contribution in [2.24, 2.45) is 0 Å². The Hall–Kier alpha value is -1.87. The molecule has 0 saturated carbocycles. The predicted molar refractivity (Wildman–Crippen MR) is 85.0 cm³/mol. The summed E-state index contributed by atoms with van der Waals surface area (Å²) in [4.78, 5) is 12.0. The Labute approximate surface area is 120 Å². The van der Waals surface area contributed by atoms with Gasteiger partial charge in [-0.3, -0.25) is 4.79 Å². The van der Waals surface area contributed by atoms with Crippen molar-refractivity contribution in [2.45, 2.75) is 32.7 Å². The molecule has 20 heavy (non-hydrogen) atoms. The van der Waals surface area contributed by atoms with Gasteiger partial charge in [-0.2, -0.15) is 0 Å². The van der Waals surface area contributed by atoms with Gasteiger partial charge in [0.2, 0.25) is 5.91 Å². The molecule has 2 rings (SSSR count). The van der Waals surface area contributed by atoms with Crippen LogP contribution in [0.3, 0.4) is 0 Å². The quantitative estimate of drug-likeness (QED) is 0.842. The third-order valence-electron chi connectivity index (χ3n) is 3.52. The molecule has 0 aliphatic rings. The summed E-state index contributed by atoms with van der Waals surface area (Å²) in [5.41, 5.74) is 0.886. The zero-order valence-electron chi connectivity index (χ0n) is 12.1.